The highest BCUT2D eigenvalue weighted by atomic mass is 19.4. The van der Waals surface area contributed by atoms with E-state index < -0.39 is 59.2 Å². The van der Waals surface area contributed by atoms with Gasteiger partial charge in [0.1, 0.15) is 12.2 Å². The molecule has 202 valence electrons. The Morgan fingerprint density at radius 2 is 0.943 bits per heavy atom. The maximum absolute atomic E-state index is 13.7. The second-order valence-corrected chi connectivity index (χ2v) is 7.37. The van der Waals surface area contributed by atoms with Gasteiger partial charge in [0.05, 0.1) is 26.4 Å². The summed E-state index contributed by atoms with van der Waals surface area (Å²) < 4.78 is 172. The fourth-order valence-electron chi connectivity index (χ4n) is 2.41. The predicted molar refractivity (Wildman–Crippen MR) is 88.8 cm³/mol. The van der Waals surface area contributed by atoms with Crippen LogP contribution in [-0.4, -0.2) is 72.9 Å². The van der Waals surface area contributed by atoms with Gasteiger partial charge in [0.2, 0.25) is 0 Å². The first-order valence-corrected chi connectivity index (χ1v) is 9.30. The molecule has 0 aliphatic carbocycles. The lowest BCUT2D eigenvalue weighted by atomic mass is 9.90. The van der Waals surface area contributed by atoms with Crippen LogP contribution in [0.4, 0.5) is 52.7 Å². The van der Waals surface area contributed by atoms with Crippen molar-refractivity contribution in [3.63, 3.8) is 0 Å². The molecule has 2 saturated heterocycles. The Kier molecular flexibility index (Phi) is 8.04. The molecule has 1 aromatic carbocycles. The number of epoxide rings is 2. The molecule has 0 aromatic heterocycles. The fourth-order valence-corrected chi connectivity index (χ4v) is 2.41. The molecule has 2 N–H and O–H groups in total. The van der Waals surface area contributed by atoms with E-state index in [1.807, 2.05) is 0 Å². The molecule has 2 unspecified atom stereocenters. The summed E-state index contributed by atoms with van der Waals surface area (Å²) in [7, 11) is 0. The second kappa shape index (κ2) is 9.57. The van der Waals surface area contributed by atoms with Crippen molar-refractivity contribution in [2.45, 2.75) is 48.1 Å². The number of aliphatic hydroxyl groups is 2. The predicted octanol–water partition coefficient (Wildman–Crippen LogP) is 4.11. The highest BCUT2D eigenvalue weighted by Gasteiger charge is 2.76. The molecular weight excluding hydrogens is 524 g/mol. The maximum Gasteiger partial charge on any atom is 0.423 e. The maximum atomic E-state index is 13.7. The van der Waals surface area contributed by atoms with Gasteiger partial charge in [0.15, 0.2) is 0 Å². The van der Waals surface area contributed by atoms with E-state index in [0.29, 0.717) is 12.2 Å². The topological polar surface area (TPSA) is 74.8 Å². The van der Waals surface area contributed by atoms with Gasteiger partial charge in [-0.3, -0.25) is 0 Å². The summed E-state index contributed by atoms with van der Waals surface area (Å²) in [5.41, 5.74) is -5.79. The highest BCUT2D eigenvalue weighted by molar-refractivity contribution is 5.38. The monoisotopic (exact) mass is 540 g/mol. The van der Waals surface area contributed by atoms with Gasteiger partial charge in [0.25, 0.3) is 0 Å². The summed E-state index contributed by atoms with van der Waals surface area (Å²) in [5, 5.41) is 15.7. The number of benzene rings is 1. The van der Waals surface area contributed by atoms with E-state index in [4.69, 9.17) is 24.4 Å². The molecule has 1 aromatic rings. The van der Waals surface area contributed by atoms with Gasteiger partial charge in [0, 0.05) is 11.1 Å². The van der Waals surface area contributed by atoms with Gasteiger partial charge in [-0.25, -0.2) is 0 Å². The van der Waals surface area contributed by atoms with Crippen molar-refractivity contribution in [2.75, 3.05) is 26.4 Å². The minimum absolute atomic E-state index is 0.254. The number of hydrogen-bond acceptors (Lipinski definition) is 5. The molecule has 2 atom stereocenters. The van der Waals surface area contributed by atoms with Crippen LogP contribution in [0.2, 0.25) is 0 Å². The first kappa shape index (κ1) is 29.4. The lowest BCUT2D eigenvalue weighted by molar-refractivity contribution is -0.394. The molecule has 0 spiro atoms. The van der Waals surface area contributed by atoms with Gasteiger partial charge in [-0.15, -0.1) is 0 Å². The van der Waals surface area contributed by atoms with Gasteiger partial charge in [-0.05, 0) is 0 Å². The zero-order valence-electron chi connectivity index (χ0n) is 16.9. The number of hydrogen-bond donors (Lipinski definition) is 2. The molecule has 5 nitrogen and oxygen atoms in total. The third-order valence-electron chi connectivity index (χ3n) is 4.56. The normalized spacial score (nSPS) is 21.3. The van der Waals surface area contributed by atoms with Crippen molar-refractivity contribution in [1.29, 1.82) is 0 Å². The SMILES string of the molecule is C(OCC1CO1)C1CO1.OC(F)(F)C(F)(F)C(F)(F)c1ccccc1C(F)(F)C(F)(F)C(O)(F)F. The zero-order chi connectivity index (χ0) is 27.1. The van der Waals surface area contributed by atoms with Crippen LogP contribution in [0.3, 0.4) is 0 Å². The van der Waals surface area contributed by atoms with Crippen molar-refractivity contribution in [3.05, 3.63) is 35.4 Å². The van der Waals surface area contributed by atoms with E-state index >= 15 is 0 Å². The Balaban J connectivity index is 0.000000393. The third kappa shape index (κ3) is 6.12. The first-order valence-electron chi connectivity index (χ1n) is 9.30. The molecule has 0 bridgehead atoms. The molecule has 2 heterocycles. The fraction of sp³-hybridized carbons (Fsp3) is 0.667. The van der Waals surface area contributed by atoms with E-state index in [9.17, 15) is 52.7 Å². The Hall–Kier alpha value is -1.82. The highest BCUT2D eigenvalue weighted by Crippen LogP contribution is 2.56. The van der Waals surface area contributed by atoms with Crippen LogP contribution in [0.25, 0.3) is 0 Å². The Morgan fingerprint density at radius 3 is 1.17 bits per heavy atom. The Bertz CT molecular complexity index is 791. The van der Waals surface area contributed by atoms with Crippen molar-refractivity contribution in [1.82, 2.24) is 0 Å². The van der Waals surface area contributed by atoms with E-state index in [0.717, 1.165) is 26.4 Å². The van der Waals surface area contributed by atoms with Gasteiger partial charge >= 0.3 is 35.9 Å². The zero-order valence-corrected chi connectivity index (χ0v) is 16.9. The van der Waals surface area contributed by atoms with Crippen LogP contribution in [0, 0.1) is 0 Å². The molecule has 35 heavy (non-hydrogen) atoms. The summed E-state index contributed by atoms with van der Waals surface area (Å²) in [6, 6.07) is -0.365. The quantitative estimate of drug-likeness (QED) is 0.345. The number of alkyl halides is 12. The van der Waals surface area contributed by atoms with Crippen LogP contribution in [0.5, 0.6) is 0 Å². The lowest BCUT2D eigenvalue weighted by Gasteiger charge is -2.34. The van der Waals surface area contributed by atoms with Crippen LogP contribution in [0.1, 0.15) is 11.1 Å². The molecule has 0 saturated carbocycles. The molecule has 0 radical (unpaired) electrons. The molecular formula is C18H16F12O5. The van der Waals surface area contributed by atoms with Crippen molar-refractivity contribution >= 4 is 0 Å². The minimum atomic E-state index is -6.79. The molecule has 17 heteroatoms. The van der Waals surface area contributed by atoms with Gasteiger partial charge < -0.3 is 24.4 Å². The van der Waals surface area contributed by atoms with Crippen LogP contribution < -0.4 is 0 Å². The Labute approximate surface area is 188 Å². The lowest BCUT2D eigenvalue weighted by Crippen LogP contribution is -2.55. The van der Waals surface area contributed by atoms with E-state index in [2.05, 4.69) is 0 Å². The van der Waals surface area contributed by atoms with E-state index in [-0.39, 0.29) is 12.1 Å². The second-order valence-electron chi connectivity index (χ2n) is 7.37. The molecule has 2 aliphatic rings. The number of ether oxygens (including phenoxy) is 3. The largest absolute Gasteiger partial charge is 0.423 e. The Morgan fingerprint density at radius 1 is 0.657 bits per heavy atom. The van der Waals surface area contributed by atoms with Gasteiger partial charge in [-0.2, -0.15) is 52.7 Å². The smallest absolute Gasteiger partial charge is 0.376 e. The summed E-state index contributed by atoms with van der Waals surface area (Å²) in [5.74, 6) is -26.4. The summed E-state index contributed by atoms with van der Waals surface area (Å²) in [4.78, 5) is 0. The van der Waals surface area contributed by atoms with Crippen molar-refractivity contribution in [3.8, 4) is 0 Å². The van der Waals surface area contributed by atoms with E-state index in [1.54, 1.807) is 0 Å². The van der Waals surface area contributed by atoms with Crippen molar-refractivity contribution in [2.24, 2.45) is 0 Å². The van der Waals surface area contributed by atoms with Crippen LogP contribution >= 0.6 is 0 Å². The van der Waals surface area contributed by atoms with Crippen LogP contribution in [-0.2, 0) is 26.1 Å². The number of halogens is 12. The average molecular weight is 540 g/mol. The molecule has 2 aliphatic heterocycles. The summed E-state index contributed by atoms with van der Waals surface area (Å²) in [6.45, 7) is 3.26. The van der Waals surface area contributed by atoms with Crippen molar-refractivity contribution < 1.29 is 77.1 Å². The van der Waals surface area contributed by atoms with Gasteiger partial charge in [-0.1, -0.05) is 24.3 Å². The molecule has 2 fully saturated rings. The number of rotatable bonds is 10. The van der Waals surface area contributed by atoms with Crippen LogP contribution in [0.15, 0.2) is 24.3 Å². The first-order chi connectivity index (χ1) is 15.7. The third-order valence-corrected chi connectivity index (χ3v) is 4.56. The minimum Gasteiger partial charge on any atom is -0.376 e. The molecule has 3 rings (SSSR count). The molecule has 0 amide bonds. The van der Waals surface area contributed by atoms with E-state index in [1.165, 1.54) is 0 Å². The average Bonchev–Trinajstić information content (AvgIpc) is 3.62. The summed E-state index contributed by atoms with van der Waals surface area (Å²) >= 11 is 0. The summed E-state index contributed by atoms with van der Waals surface area (Å²) in [6.07, 6.45) is -12.2. The standard InChI is InChI=1S/C12H6F12O2.C6H10O3/c13-7(14,9(17,18)11(21,22)25)5-3-1-2-4-6(5)8(15,16)10(19,20)12(23,24)26;1(5-3-8-5)7-2-6-4-9-6/h1-4,25-26H;5-6H,1-4H2.